The number of rotatable bonds is 2. The summed E-state index contributed by atoms with van der Waals surface area (Å²) in [6.45, 7) is 3.48. The molecule has 0 saturated carbocycles. The Morgan fingerprint density at radius 1 is 1.54 bits per heavy atom. The predicted molar refractivity (Wildman–Crippen MR) is 50.3 cm³/mol. The molecule has 1 heterocycles. The number of aromatic nitrogens is 1. The van der Waals surface area contributed by atoms with E-state index in [0.29, 0.717) is 5.69 Å². The molecule has 1 aromatic rings. The summed E-state index contributed by atoms with van der Waals surface area (Å²) in [5.41, 5.74) is 2.02. The van der Waals surface area contributed by atoms with Crippen LogP contribution in [0.25, 0.3) is 6.08 Å². The molecule has 0 fully saturated rings. The second-order valence-electron chi connectivity index (χ2n) is 2.89. The second kappa shape index (κ2) is 3.85. The highest BCUT2D eigenvalue weighted by atomic mass is 16.4. The number of aryl methyl sites for hydroxylation is 1. The molecule has 3 heteroatoms. The number of pyridine rings is 1. The summed E-state index contributed by atoms with van der Waals surface area (Å²) in [6.07, 6.45) is 3.25. The van der Waals surface area contributed by atoms with Crippen LogP contribution < -0.4 is 0 Å². The average Bonchev–Trinajstić information content (AvgIpc) is 2.08. The SMILES string of the molecule is C/C(=C\c1ccc(C)cn1)C(=O)O. The van der Waals surface area contributed by atoms with Crippen molar-refractivity contribution in [2.24, 2.45) is 0 Å². The molecule has 1 N–H and O–H groups in total. The number of aliphatic carboxylic acids is 1. The Kier molecular flexibility index (Phi) is 2.80. The fourth-order valence-corrected chi connectivity index (χ4v) is 0.848. The number of nitrogens with zero attached hydrogens (tertiary/aromatic N) is 1. The fraction of sp³-hybridized carbons (Fsp3) is 0.200. The van der Waals surface area contributed by atoms with E-state index in [2.05, 4.69) is 4.98 Å². The third kappa shape index (κ3) is 2.71. The van der Waals surface area contributed by atoms with Crippen molar-refractivity contribution in [3.05, 3.63) is 35.2 Å². The van der Waals surface area contributed by atoms with E-state index in [1.807, 2.05) is 13.0 Å². The van der Waals surface area contributed by atoms with E-state index in [-0.39, 0.29) is 5.57 Å². The first-order valence-corrected chi connectivity index (χ1v) is 3.94. The van der Waals surface area contributed by atoms with Crippen molar-refractivity contribution >= 4 is 12.0 Å². The Labute approximate surface area is 76.7 Å². The second-order valence-corrected chi connectivity index (χ2v) is 2.89. The predicted octanol–water partition coefficient (Wildman–Crippen LogP) is 1.88. The number of carbonyl (C=O) groups is 1. The summed E-state index contributed by atoms with van der Waals surface area (Å²) in [5.74, 6) is -0.914. The third-order valence-corrected chi connectivity index (χ3v) is 1.64. The zero-order chi connectivity index (χ0) is 9.84. The first kappa shape index (κ1) is 9.45. The molecule has 0 aliphatic carbocycles. The molecule has 13 heavy (non-hydrogen) atoms. The Morgan fingerprint density at radius 2 is 2.23 bits per heavy atom. The van der Waals surface area contributed by atoms with Gasteiger partial charge in [0.15, 0.2) is 0 Å². The summed E-state index contributed by atoms with van der Waals surface area (Å²) >= 11 is 0. The number of hydrogen-bond acceptors (Lipinski definition) is 2. The Morgan fingerprint density at radius 3 is 2.69 bits per heavy atom. The van der Waals surface area contributed by atoms with E-state index in [0.717, 1.165) is 5.56 Å². The minimum atomic E-state index is -0.914. The summed E-state index contributed by atoms with van der Waals surface area (Å²) in [5, 5.41) is 8.60. The van der Waals surface area contributed by atoms with Gasteiger partial charge in [0.1, 0.15) is 0 Å². The van der Waals surface area contributed by atoms with Gasteiger partial charge in [-0.3, -0.25) is 4.98 Å². The largest absolute Gasteiger partial charge is 0.478 e. The summed E-state index contributed by atoms with van der Waals surface area (Å²) < 4.78 is 0. The van der Waals surface area contributed by atoms with Crippen LogP contribution in [0.5, 0.6) is 0 Å². The molecule has 1 rings (SSSR count). The normalized spacial score (nSPS) is 11.4. The molecule has 0 saturated heterocycles. The van der Waals surface area contributed by atoms with Crippen molar-refractivity contribution in [3.63, 3.8) is 0 Å². The van der Waals surface area contributed by atoms with Crippen LogP contribution >= 0.6 is 0 Å². The maximum absolute atomic E-state index is 10.5. The summed E-state index contributed by atoms with van der Waals surface area (Å²) in [4.78, 5) is 14.5. The Balaban J connectivity index is 2.92. The van der Waals surface area contributed by atoms with Crippen molar-refractivity contribution in [2.75, 3.05) is 0 Å². The van der Waals surface area contributed by atoms with Gasteiger partial charge in [0.2, 0.25) is 0 Å². The maximum Gasteiger partial charge on any atom is 0.331 e. The van der Waals surface area contributed by atoms with Gasteiger partial charge in [-0.2, -0.15) is 0 Å². The van der Waals surface area contributed by atoms with E-state index in [1.165, 1.54) is 0 Å². The molecule has 68 valence electrons. The van der Waals surface area contributed by atoms with Crippen LogP contribution in [0.2, 0.25) is 0 Å². The Bertz CT molecular complexity index is 338. The van der Waals surface area contributed by atoms with Crippen molar-refractivity contribution < 1.29 is 9.90 Å². The van der Waals surface area contributed by atoms with Gasteiger partial charge in [0, 0.05) is 11.8 Å². The number of carboxylic acids is 1. The molecule has 0 amide bonds. The molecular formula is C10H11NO2. The van der Waals surface area contributed by atoms with Crippen LogP contribution in [0.4, 0.5) is 0 Å². The fourth-order valence-electron chi connectivity index (χ4n) is 0.848. The molecular weight excluding hydrogens is 166 g/mol. The summed E-state index contributed by atoms with van der Waals surface area (Å²) in [7, 11) is 0. The van der Waals surface area contributed by atoms with Gasteiger partial charge in [-0.05, 0) is 31.6 Å². The van der Waals surface area contributed by atoms with E-state index >= 15 is 0 Å². The van der Waals surface area contributed by atoms with Crippen molar-refractivity contribution in [3.8, 4) is 0 Å². The average molecular weight is 177 g/mol. The van der Waals surface area contributed by atoms with Crippen LogP contribution in [0, 0.1) is 6.92 Å². The van der Waals surface area contributed by atoms with Gasteiger partial charge < -0.3 is 5.11 Å². The van der Waals surface area contributed by atoms with Gasteiger partial charge in [-0.1, -0.05) is 6.07 Å². The van der Waals surface area contributed by atoms with E-state index in [9.17, 15) is 4.79 Å². The van der Waals surface area contributed by atoms with Gasteiger partial charge in [-0.15, -0.1) is 0 Å². The van der Waals surface area contributed by atoms with E-state index in [1.54, 1.807) is 25.3 Å². The van der Waals surface area contributed by atoms with E-state index < -0.39 is 5.97 Å². The highest BCUT2D eigenvalue weighted by Gasteiger charge is 1.99. The van der Waals surface area contributed by atoms with Crippen LogP contribution in [0.3, 0.4) is 0 Å². The summed E-state index contributed by atoms with van der Waals surface area (Å²) in [6, 6.07) is 3.69. The highest BCUT2D eigenvalue weighted by Crippen LogP contribution is 2.04. The van der Waals surface area contributed by atoms with Gasteiger partial charge in [0.05, 0.1) is 5.69 Å². The Hall–Kier alpha value is -1.64. The van der Waals surface area contributed by atoms with Gasteiger partial charge in [-0.25, -0.2) is 4.79 Å². The van der Waals surface area contributed by atoms with Crippen molar-refractivity contribution in [2.45, 2.75) is 13.8 Å². The molecule has 0 atom stereocenters. The zero-order valence-electron chi connectivity index (χ0n) is 7.61. The van der Waals surface area contributed by atoms with Crippen LogP contribution in [-0.2, 0) is 4.79 Å². The lowest BCUT2D eigenvalue weighted by Crippen LogP contribution is -1.96. The van der Waals surface area contributed by atoms with Crippen LogP contribution in [0.15, 0.2) is 23.9 Å². The lowest BCUT2D eigenvalue weighted by atomic mass is 10.2. The van der Waals surface area contributed by atoms with Crippen LogP contribution in [-0.4, -0.2) is 16.1 Å². The molecule has 0 aliphatic heterocycles. The lowest BCUT2D eigenvalue weighted by molar-refractivity contribution is -0.132. The standard InChI is InChI=1S/C10H11NO2/c1-7-3-4-9(11-6-7)5-8(2)10(12)13/h3-6H,1-2H3,(H,12,13)/b8-5+. The van der Waals surface area contributed by atoms with Gasteiger partial charge >= 0.3 is 5.97 Å². The monoisotopic (exact) mass is 177 g/mol. The van der Waals surface area contributed by atoms with Crippen LogP contribution in [0.1, 0.15) is 18.2 Å². The number of hydrogen-bond donors (Lipinski definition) is 1. The molecule has 3 nitrogen and oxygen atoms in total. The van der Waals surface area contributed by atoms with Crippen molar-refractivity contribution in [1.29, 1.82) is 0 Å². The topological polar surface area (TPSA) is 50.2 Å². The quantitative estimate of drug-likeness (QED) is 0.701. The van der Waals surface area contributed by atoms with Gasteiger partial charge in [0.25, 0.3) is 0 Å². The third-order valence-electron chi connectivity index (χ3n) is 1.64. The molecule has 0 aliphatic rings. The maximum atomic E-state index is 10.5. The first-order valence-electron chi connectivity index (χ1n) is 3.94. The zero-order valence-corrected chi connectivity index (χ0v) is 7.61. The molecule has 1 aromatic heterocycles. The number of carboxylic acid groups (broad SMARTS) is 1. The first-order chi connectivity index (χ1) is 6.09. The minimum Gasteiger partial charge on any atom is -0.478 e. The lowest BCUT2D eigenvalue weighted by Gasteiger charge is -1.95. The van der Waals surface area contributed by atoms with Crippen molar-refractivity contribution in [1.82, 2.24) is 4.98 Å². The molecule has 0 bridgehead atoms. The smallest absolute Gasteiger partial charge is 0.331 e. The molecule has 0 spiro atoms. The minimum absolute atomic E-state index is 0.288. The molecule has 0 aromatic carbocycles. The molecule has 0 radical (unpaired) electrons. The molecule has 0 unspecified atom stereocenters. The highest BCUT2D eigenvalue weighted by molar-refractivity contribution is 5.91. The van der Waals surface area contributed by atoms with E-state index in [4.69, 9.17) is 5.11 Å².